The van der Waals surface area contributed by atoms with Gasteiger partial charge in [-0.25, -0.2) is 0 Å². The zero-order valence-corrected chi connectivity index (χ0v) is 12.3. The number of nitrogens with one attached hydrogen (secondary N) is 1. The second kappa shape index (κ2) is 6.42. The van der Waals surface area contributed by atoms with E-state index in [-0.39, 0.29) is 12.1 Å². The van der Waals surface area contributed by atoms with Gasteiger partial charge in [0.1, 0.15) is 11.3 Å². The van der Waals surface area contributed by atoms with Crippen molar-refractivity contribution in [1.82, 2.24) is 5.32 Å². The van der Waals surface area contributed by atoms with Crippen LogP contribution in [0.3, 0.4) is 0 Å². The molecule has 0 spiro atoms. The minimum absolute atomic E-state index is 0.198. The monoisotopic (exact) mass is 281 g/mol. The maximum atomic E-state index is 5.99. The van der Waals surface area contributed by atoms with Crippen molar-refractivity contribution in [2.45, 2.75) is 31.9 Å². The van der Waals surface area contributed by atoms with E-state index in [0.29, 0.717) is 0 Å². The van der Waals surface area contributed by atoms with Crippen molar-refractivity contribution >= 4 is 22.6 Å². The first-order chi connectivity index (χ1) is 9.13. The molecule has 0 saturated carbocycles. The molecule has 2 unspecified atom stereocenters. The summed E-state index contributed by atoms with van der Waals surface area (Å²) < 4.78 is 11.2. The second-order valence-corrected chi connectivity index (χ2v) is 5.23. The Morgan fingerprint density at radius 3 is 2.79 bits per heavy atom. The first kappa shape index (κ1) is 14.4. The average Bonchev–Trinajstić information content (AvgIpc) is 2.81. The van der Waals surface area contributed by atoms with Crippen molar-refractivity contribution < 1.29 is 9.15 Å². The molecule has 1 aromatic carbocycles. The Kier molecular flexibility index (Phi) is 4.86. The molecule has 0 radical (unpaired) electrons. The quantitative estimate of drug-likeness (QED) is 0.863. The third-order valence-corrected chi connectivity index (χ3v) is 3.69. The Morgan fingerprint density at radius 1 is 1.32 bits per heavy atom. The SMILES string of the molecule is CNC(CCC(C)OC)c1cc2cc(Cl)ccc2o1. The molecular weight excluding hydrogens is 262 g/mol. The first-order valence-electron chi connectivity index (χ1n) is 6.53. The summed E-state index contributed by atoms with van der Waals surface area (Å²) >= 11 is 5.99. The van der Waals surface area contributed by atoms with Crippen LogP contribution in [0.4, 0.5) is 0 Å². The molecule has 3 nitrogen and oxygen atoms in total. The van der Waals surface area contributed by atoms with E-state index in [1.54, 1.807) is 7.11 Å². The van der Waals surface area contributed by atoms with Crippen LogP contribution in [0.5, 0.6) is 0 Å². The van der Waals surface area contributed by atoms with Crippen molar-refractivity contribution in [2.75, 3.05) is 14.2 Å². The number of methoxy groups -OCH3 is 1. The summed E-state index contributed by atoms with van der Waals surface area (Å²) in [6, 6.07) is 7.93. The summed E-state index contributed by atoms with van der Waals surface area (Å²) in [5.74, 6) is 0.947. The number of ether oxygens (including phenoxy) is 1. The van der Waals surface area contributed by atoms with Gasteiger partial charge in [-0.1, -0.05) is 11.6 Å². The number of benzene rings is 1. The van der Waals surface area contributed by atoms with Crippen LogP contribution in [0.15, 0.2) is 28.7 Å². The van der Waals surface area contributed by atoms with Crippen LogP contribution in [0.2, 0.25) is 5.02 Å². The van der Waals surface area contributed by atoms with E-state index in [1.807, 2.05) is 25.2 Å². The molecule has 1 N–H and O–H groups in total. The van der Waals surface area contributed by atoms with E-state index in [9.17, 15) is 0 Å². The minimum atomic E-state index is 0.198. The minimum Gasteiger partial charge on any atom is -0.459 e. The van der Waals surface area contributed by atoms with Crippen molar-refractivity contribution in [3.63, 3.8) is 0 Å². The lowest BCUT2D eigenvalue weighted by Gasteiger charge is -2.16. The van der Waals surface area contributed by atoms with E-state index in [1.165, 1.54) is 0 Å². The Morgan fingerprint density at radius 2 is 2.11 bits per heavy atom. The first-order valence-corrected chi connectivity index (χ1v) is 6.91. The summed E-state index contributed by atoms with van der Waals surface area (Å²) in [5.41, 5.74) is 0.874. The normalized spacial score (nSPS) is 14.7. The van der Waals surface area contributed by atoms with Gasteiger partial charge in [-0.2, -0.15) is 0 Å². The molecule has 4 heteroatoms. The maximum absolute atomic E-state index is 5.99. The third kappa shape index (κ3) is 3.50. The summed E-state index contributed by atoms with van der Waals surface area (Å²) in [7, 11) is 3.69. The van der Waals surface area contributed by atoms with Gasteiger partial charge in [-0.15, -0.1) is 0 Å². The van der Waals surface area contributed by atoms with Crippen molar-refractivity contribution in [1.29, 1.82) is 0 Å². The summed E-state index contributed by atoms with van der Waals surface area (Å²) in [6.07, 6.45) is 2.22. The van der Waals surface area contributed by atoms with Gasteiger partial charge in [0.15, 0.2) is 0 Å². The van der Waals surface area contributed by atoms with Gasteiger partial charge >= 0.3 is 0 Å². The average molecular weight is 282 g/mol. The summed E-state index contributed by atoms with van der Waals surface area (Å²) in [4.78, 5) is 0. The highest BCUT2D eigenvalue weighted by atomic mass is 35.5. The van der Waals surface area contributed by atoms with E-state index in [2.05, 4.69) is 18.3 Å². The number of furan rings is 1. The van der Waals surface area contributed by atoms with Gasteiger partial charge in [0, 0.05) is 17.5 Å². The Bertz CT molecular complexity index is 538. The van der Waals surface area contributed by atoms with Crippen molar-refractivity contribution in [3.05, 3.63) is 35.0 Å². The van der Waals surface area contributed by atoms with Crippen LogP contribution in [0.1, 0.15) is 31.6 Å². The van der Waals surface area contributed by atoms with Crippen LogP contribution in [-0.4, -0.2) is 20.3 Å². The molecule has 0 bridgehead atoms. The molecule has 0 amide bonds. The maximum Gasteiger partial charge on any atom is 0.134 e. The van der Waals surface area contributed by atoms with Gasteiger partial charge in [-0.3, -0.25) is 0 Å². The molecule has 104 valence electrons. The number of hydrogen-bond acceptors (Lipinski definition) is 3. The largest absolute Gasteiger partial charge is 0.459 e. The predicted octanol–water partition coefficient (Wildman–Crippen LogP) is 4.16. The van der Waals surface area contributed by atoms with Crippen molar-refractivity contribution in [3.8, 4) is 0 Å². The highest BCUT2D eigenvalue weighted by molar-refractivity contribution is 6.31. The molecule has 0 aliphatic rings. The molecule has 0 saturated heterocycles. The fraction of sp³-hybridized carbons (Fsp3) is 0.467. The predicted molar refractivity (Wildman–Crippen MR) is 78.7 cm³/mol. The number of rotatable bonds is 6. The highest BCUT2D eigenvalue weighted by Crippen LogP contribution is 2.28. The van der Waals surface area contributed by atoms with Gasteiger partial charge < -0.3 is 14.5 Å². The Labute approximate surface area is 118 Å². The van der Waals surface area contributed by atoms with Crippen LogP contribution in [0, 0.1) is 0 Å². The number of halogens is 1. The molecule has 0 aliphatic heterocycles. The van der Waals surface area contributed by atoms with Crippen LogP contribution in [-0.2, 0) is 4.74 Å². The van der Waals surface area contributed by atoms with Gasteiger partial charge in [-0.05, 0) is 51.1 Å². The molecule has 1 aromatic heterocycles. The van der Waals surface area contributed by atoms with E-state index in [0.717, 1.165) is 34.6 Å². The van der Waals surface area contributed by atoms with Gasteiger partial charge in [0.25, 0.3) is 0 Å². The van der Waals surface area contributed by atoms with Crippen molar-refractivity contribution in [2.24, 2.45) is 0 Å². The van der Waals surface area contributed by atoms with Crippen LogP contribution < -0.4 is 5.32 Å². The fourth-order valence-electron chi connectivity index (χ4n) is 2.15. The Balaban J connectivity index is 2.16. The smallest absolute Gasteiger partial charge is 0.134 e. The number of fused-ring (bicyclic) bond motifs is 1. The summed E-state index contributed by atoms with van der Waals surface area (Å²) in [5, 5.41) is 5.07. The molecule has 19 heavy (non-hydrogen) atoms. The standard InChI is InChI=1S/C15H20ClNO2/c1-10(18-3)4-6-13(17-2)15-9-11-8-12(16)5-7-14(11)19-15/h5,7-10,13,17H,4,6H2,1-3H3. The zero-order chi connectivity index (χ0) is 13.8. The van der Waals surface area contributed by atoms with Gasteiger partial charge in [0.2, 0.25) is 0 Å². The molecule has 2 atom stereocenters. The van der Waals surface area contributed by atoms with Gasteiger partial charge in [0.05, 0.1) is 12.1 Å². The Hall–Kier alpha value is -1.03. The lowest BCUT2D eigenvalue weighted by molar-refractivity contribution is 0.105. The topological polar surface area (TPSA) is 34.4 Å². The molecule has 1 heterocycles. The molecule has 2 aromatic rings. The molecule has 2 rings (SSSR count). The lowest BCUT2D eigenvalue weighted by Crippen LogP contribution is -2.18. The molecule has 0 fully saturated rings. The third-order valence-electron chi connectivity index (χ3n) is 3.45. The van der Waals surface area contributed by atoms with Crippen LogP contribution >= 0.6 is 11.6 Å². The number of hydrogen-bond donors (Lipinski definition) is 1. The van der Waals surface area contributed by atoms with E-state index < -0.39 is 0 Å². The lowest BCUT2D eigenvalue weighted by atomic mass is 10.1. The molecule has 0 aliphatic carbocycles. The second-order valence-electron chi connectivity index (χ2n) is 4.80. The summed E-state index contributed by atoms with van der Waals surface area (Å²) in [6.45, 7) is 2.07. The van der Waals surface area contributed by atoms with E-state index in [4.69, 9.17) is 20.8 Å². The highest BCUT2D eigenvalue weighted by Gasteiger charge is 2.15. The molecular formula is C15H20ClNO2. The zero-order valence-electron chi connectivity index (χ0n) is 11.6. The van der Waals surface area contributed by atoms with E-state index >= 15 is 0 Å². The fourth-order valence-corrected chi connectivity index (χ4v) is 2.34. The van der Waals surface area contributed by atoms with Crippen LogP contribution in [0.25, 0.3) is 11.0 Å².